The van der Waals surface area contributed by atoms with Crippen LogP contribution in [0.1, 0.15) is 58.4 Å². The number of benzene rings is 2. The molecule has 3 heteroatoms. The molecule has 0 saturated carbocycles. The molecule has 0 aliphatic rings. The van der Waals surface area contributed by atoms with Gasteiger partial charge in [0.05, 0.1) is 18.0 Å². The van der Waals surface area contributed by atoms with Gasteiger partial charge in [0.2, 0.25) is 0 Å². The van der Waals surface area contributed by atoms with Crippen molar-refractivity contribution in [2.75, 3.05) is 6.61 Å². The van der Waals surface area contributed by atoms with Gasteiger partial charge in [-0.2, -0.15) is 10.2 Å². The van der Waals surface area contributed by atoms with Crippen molar-refractivity contribution in [3.05, 3.63) is 54.1 Å². The van der Waals surface area contributed by atoms with E-state index < -0.39 is 0 Å². The molecule has 0 aliphatic carbocycles. The van der Waals surface area contributed by atoms with E-state index in [9.17, 15) is 0 Å². The number of nitrogens with zero attached hydrogens (tertiary/aromatic N) is 2. The molecule has 1 atom stereocenters. The maximum Gasteiger partial charge on any atom is 0.119 e. The lowest BCUT2D eigenvalue weighted by atomic mass is 9.99. The SMILES string of the molecule is CCCCCCOc1ccc(/N=N/c2ccc(CC(C)CC)cc2)cc1. The van der Waals surface area contributed by atoms with E-state index >= 15 is 0 Å². The first-order chi connectivity index (χ1) is 12.7. The van der Waals surface area contributed by atoms with Crippen LogP contribution >= 0.6 is 0 Å². The normalized spacial score (nSPS) is 12.4. The fraction of sp³-hybridized carbons (Fsp3) is 0.478. The Kier molecular flexibility index (Phi) is 8.88. The Morgan fingerprint density at radius 3 is 2.00 bits per heavy atom. The number of ether oxygens (including phenoxy) is 1. The summed E-state index contributed by atoms with van der Waals surface area (Å²) in [7, 11) is 0. The third-order valence-electron chi connectivity index (χ3n) is 4.60. The van der Waals surface area contributed by atoms with Gasteiger partial charge in [-0.25, -0.2) is 0 Å². The van der Waals surface area contributed by atoms with Gasteiger partial charge in [-0.1, -0.05) is 58.6 Å². The first-order valence-electron chi connectivity index (χ1n) is 9.94. The number of unbranched alkanes of at least 4 members (excludes halogenated alkanes) is 3. The van der Waals surface area contributed by atoms with Crippen LogP contribution in [0.5, 0.6) is 5.75 Å². The van der Waals surface area contributed by atoms with Crippen molar-refractivity contribution in [1.82, 2.24) is 0 Å². The third kappa shape index (κ3) is 7.38. The molecule has 0 fully saturated rings. The largest absolute Gasteiger partial charge is 0.494 e. The average Bonchev–Trinajstić information content (AvgIpc) is 2.68. The van der Waals surface area contributed by atoms with Gasteiger partial charge in [-0.05, 0) is 60.7 Å². The zero-order chi connectivity index (χ0) is 18.6. The first-order valence-corrected chi connectivity index (χ1v) is 9.94. The zero-order valence-corrected chi connectivity index (χ0v) is 16.4. The predicted molar refractivity (Wildman–Crippen MR) is 110 cm³/mol. The maximum absolute atomic E-state index is 5.75. The highest BCUT2D eigenvalue weighted by molar-refractivity contribution is 5.43. The minimum atomic E-state index is 0.717. The molecule has 0 aliphatic heterocycles. The smallest absolute Gasteiger partial charge is 0.119 e. The van der Waals surface area contributed by atoms with Crippen molar-refractivity contribution in [2.24, 2.45) is 16.1 Å². The molecule has 3 nitrogen and oxygen atoms in total. The molecule has 0 heterocycles. The zero-order valence-electron chi connectivity index (χ0n) is 16.4. The van der Waals surface area contributed by atoms with Crippen LogP contribution in [0.4, 0.5) is 11.4 Å². The molecule has 0 spiro atoms. The van der Waals surface area contributed by atoms with Crippen molar-refractivity contribution in [3.63, 3.8) is 0 Å². The molecule has 0 N–H and O–H groups in total. The summed E-state index contributed by atoms with van der Waals surface area (Å²) in [6.07, 6.45) is 7.20. The van der Waals surface area contributed by atoms with Gasteiger partial charge in [0.25, 0.3) is 0 Å². The van der Waals surface area contributed by atoms with Crippen LogP contribution < -0.4 is 4.74 Å². The Bertz CT molecular complexity index is 647. The Morgan fingerprint density at radius 1 is 0.808 bits per heavy atom. The Labute approximate surface area is 158 Å². The van der Waals surface area contributed by atoms with Crippen molar-refractivity contribution in [3.8, 4) is 5.75 Å². The molecule has 1 unspecified atom stereocenters. The van der Waals surface area contributed by atoms with E-state index in [-0.39, 0.29) is 0 Å². The highest BCUT2D eigenvalue weighted by Crippen LogP contribution is 2.22. The van der Waals surface area contributed by atoms with E-state index in [0.717, 1.165) is 42.5 Å². The fourth-order valence-electron chi connectivity index (χ4n) is 2.69. The minimum absolute atomic E-state index is 0.717. The molecule has 2 aromatic rings. The molecule has 0 radical (unpaired) electrons. The van der Waals surface area contributed by atoms with E-state index in [1.807, 2.05) is 36.4 Å². The van der Waals surface area contributed by atoms with Gasteiger partial charge in [-0.3, -0.25) is 0 Å². The summed E-state index contributed by atoms with van der Waals surface area (Å²) < 4.78 is 5.75. The summed E-state index contributed by atoms with van der Waals surface area (Å²) in [4.78, 5) is 0. The third-order valence-corrected chi connectivity index (χ3v) is 4.60. The summed E-state index contributed by atoms with van der Waals surface area (Å²) >= 11 is 0. The molecule has 26 heavy (non-hydrogen) atoms. The van der Waals surface area contributed by atoms with Crippen LogP contribution in [0.2, 0.25) is 0 Å². The molecular formula is C23H32N2O. The average molecular weight is 353 g/mol. The Hall–Kier alpha value is -2.16. The number of hydrogen-bond donors (Lipinski definition) is 0. The second-order valence-electron chi connectivity index (χ2n) is 6.99. The topological polar surface area (TPSA) is 34.0 Å². The summed E-state index contributed by atoms with van der Waals surface area (Å²) in [5, 5.41) is 8.64. The van der Waals surface area contributed by atoms with E-state index in [1.54, 1.807) is 0 Å². The highest BCUT2D eigenvalue weighted by atomic mass is 16.5. The van der Waals surface area contributed by atoms with E-state index in [4.69, 9.17) is 4.74 Å². The van der Waals surface area contributed by atoms with E-state index in [0.29, 0.717) is 0 Å². The first kappa shape index (κ1) is 20.2. The van der Waals surface area contributed by atoms with Crippen LogP contribution in [0.25, 0.3) is 0 Å². The molecule has 2 aromatic carbocycles. The quantitative estimate of drug-likeness (QED) is 0.302. The number of azo groups is 1. The van der Waals surface area contributed by atoms with E-state index in [1.165, 1.54) is 31.2 Å². The maximum atomic E-state index is 5.75. The second kappa shape index (κ2) is 11.5. The summed E-state index contributed by atoms with van der Waals surface area (Å²) in [5.74, 6) is 1.62. The molecule has 0 amide bonds. The molecule has 0 aromatic heterocycles. The molecule has 2 rings (SSSR count). The van der Waals surface area contributed by atoms with Gasteiger partial charge in [0.15, 0.2) is 0 Å². The molecule has 0 saturated heterocycles. The number of hydrogen-bond acceptors (Lipinski definition) is 3. The van der Waals surface area contributed by atoms with Gasteiger partial charge < -0.3 is 4.74 Å². The van der Waals surface area contributed by atoms with Crippen LogP contribution in [0.3, 0.4) is 0 Å². The van der Waals surface area contributed by atoms with Crippen molar-refractivity contribution in [2.45, 2.75) is 59.3 Å². The van der Waals surface area contributed by atoms with Crippen LogP contribution in [0.15, 0.2) is 58.8 Å². The lowest BCUT2D eigenvalue weighted by molar-refractivity contribution is 0.305. The van der Waals surface area contributed by atoms with Crippen LogP contribution in [0, 0.1) is 5.92 Å². The summed E-state index contributed by atoms with van der Waals surface area (Å²) in [5.41, 5.74) is 3.08. The highest BCUT2D eigenvalue weighted by Gasteiger charge is 2.01. The van der Waals surface area contributed by atoms with Gasteiger partial charge in [0, 0.05) is 0 Å². The monoisotopic (exact) mass is 352 g/mol. The Balaban J connectivity index is 1.82. The van der Waals surface area contributed by atoms with Gasteiger partial charge in [0.1, 0.15) is 5.75 Å². The minimum Gasteiger partial charge on any atom is -0.494 e. The van der Waals surface area contributed by atoms with E-state index in [2.05, 4.69) is 43.1 Å². The van der Waals surface area contributed by atoms with Gasteiger partial charge in [-0.15, -0.1) is 0 Å². The standard InChI is InChI=1S/C23H32N2O/c1-4-6-7-8-17-26-23-15-13-22(14-16-23)25-24-21-11-9-20(10-12-21)18-19(3)5-2/h9-16,19H,4-8,17-18H2,1-3H3/b25-24+. The molecule has 140 valence electrons. The molecule has 0 bridgehead atoms. The fourth-order valence-corrected chi connectivity index (χ4v) is 2.69. The Morgan fingerprint density at radius 2 is 1.42 bits per heavy atom. The molecular weight excluding hydrogens is 320 g/mol. The van der Waals surface area contributed by atoms with Gasteiger partial charge >= 0.3 is 0 Å². The lowest BCUT2D eigenvalue weighted by Crippen LogP contribution is -1.96. The number of rotatable bonds is 11. The van der Waals surface area contributed by atoms with Crippen LogP contribution in [-0.2, 0) is 6.42 Å². The van der Waals surface area contributed by atoms with Crippen molar-refractivity contribution >= 4 is 11.4 Å². The summed E-state index contributed by atoms with van der Waals surface area (Å²) in [6.45, 7) is 7.52. The van der Waals surface area contributed by atoms with Crippen molar-refractivity contribution < 1.29 is 4.74 Å². The summed E-state index contributed by atoms with van der Waals surface area (Å²) in [6, 6.07) is 16.2. The van der Waals surface area contributed by atoms with Crippen LogP contribution in [-0.4, -0.2) is 6.61 Å². The lowest BCUT2D eigenvalue weighted by Gasteiger charge is -2.07. The van der Waals surface area contributed by atoms with Crippen molar-refractivity contribution in [1.29, 1.82) is 0 Å². The predicted octanol–water partition coefficient (Wildman–Crippen LogP) is 7.65. The second-order valence-corrected chi connectivity index (χ2v) is 6.99.